The van der Waals surface area contributed by atoms with Gasteiger partial charge < -0.3 is 21.9 Å². The van der Waals surface area contributed by atoms with Gasteiger partial charge in [0.1, 0.15) is 5.75 Å². The van der Waals surface area contributed by atoms with Crippen LogP contribution in [0, 0.1) is 0 Å². The topological polar surface area (TPSA) is 105 Å². The Morgan fingerprint density at radius 3 is 2.40 bits per heavy atom. The largest absolute Gasteiger partial charge is 0.507 e. The van der Waals surface area contributed by atoms with E-state index in [-0.39, 0.29) is 22.9 Å². The number of nitrogens with two attached hydrogens (primary N) is 2. The number of nitrogens with one attached hydrogen (secondary N) is 1. The zero-order valence-electron chi connectivity index (χ0n) is 18.6. The Morgan fingerprint density at radius 1 is 1.17 bits per heavy atom. The van der Waals surface area contributed by atoms with Crippen molar-refractivity contribution in [3.8, 4) is 11.4 Å². The van der Waals surface area contributed by atoms with E-state index in [2.05, 4.69) is 50.1 Å². The molecule has 7 nitrogen and oxygen atoms in total. The summed E-state index contributed by atoms with van der Waals surface area (Å²) in [4.78, 5) is 2.44. The third kappa shape index (κ3) is 4.62. The van der Waals surface area contributed by atoms with Crippen LogP contribution in [0.25, 0.3) is 11.4 Å². The van der Waals surface area contributed by atoms with Crippen molar-refractivity contribution in [2.75, 3.05) is 7.05 Å². The van der Waals surface area contributed by atoms with E-state index in [0.29, 0.717) is 17.1 Å². The maximum Gasteiger partial charge on any atom is 0.127 e. The van der Waals surface area contributed by atoms with Gasteiger partial charge in [-0.05, 0) is 77.9 Å². The van der Waals surface area contributed by atoms with Gasteiger partial charge in [-0.25, -0.2) is 4.68 Å². The van der Waals surface area contributed by atoms with Crippen LogP contribution >= 0.6 is 0 Å². The predicted octanol–water partition coefficient (Wildman–Crippen LogP) is 2.92. The lowest BCUT2D eigenvalue weighted by Crippen LogP contribution is -2.62. The second-order valence-electron chi connectivity index (χ2n) is 9.33. The van der Waals surface area contributed by atoms with Crippen LogP contribution in [0.4, 0.5) is 0 Å². The Morgan fingerprint density at radius 2 is 1.83 bits per heavy atom. The Hall–Kier alpha value is -2.93. The molecule has 1 aliphatic rings. The third-order valence-electron chi connectivity index (χ3n) is 6.18. The molecular weight excluding hydrogens is 376 g/mol. The van der Waals surface area contributed by atoms with Crippen LogP contribution in [0.1, 0.15) is 46.1 Å². The van der Waals surface area contributed by atoms with Crippen molar-refractivity contribution in [3.05, 3.63) is 60.2 Å². The van der Waals surface area contributed by atoms with Crippen LogP contribution in [-0.2, 0) is 0 Å². The zero-order valence-corrected chi connectivity index (χ0v) is 18.6. The lowest BCUT2D eigenvalue weighted by Gasteiger charge is -2.53. The quantitative estimate of drug-likeness (QED) is 0.565. The standard InChI is InChI=1S/C23H34N6O/c1-22(2)14-16(15-23(3,4)28(22)5)27-21(25)10-9-19(24)18-8-7-17(13-20(18)30)29-12-6-11-26-29/h6-13,16,27,30H,14-15,24-25H2,1-5H3/b19-9-,21-10+. The fraction of sp³-hybridized carbons (Fsp3) is 0.435. The van der Waals surface area contributed by atoms with Crippen LogP contribution in [0.5, 0.6) is 5.75 Å². The van der Waals surface area contributed by atoms with Gasteiger partial charge in [0.2, 0.25) is 0 Å². The van der Waals surface area contributed by atoms with E-state index in [1.165, 1.54) is 0 Å². The van der Waals surface area contributed by atoms with Gasteiger partial charge in [-0.3, -0.25) is 4.90 Å². The van der Waals surface area contributed by atoms with E-state index in [9.17, 15) is 5.11 Å². The van der Waals surface area contributed by atoms with Crippen molar-refractivity contribution < 1.29 is 5.11 Å². The summed E-state index contributed by atoms with van der Waals surface area (Å²) in [6.45, 7) is 9.04. The van der Waals surface area contributed by atoms with E-state index < -0.39 is 0 Å². The molecule has 162 valence electrons. The summed E-state index contributed by atoms with van der Waals surface area (Å²) in [6.07, 6.45) is 8.97. The summed E-state index contributed by atoms with van der Waals surface area (Å²) in [6, 6.07) is 7.37. The predicted molar refractivity (Wildman–Crippen MR) is 122 cm³/mol. The molecule has 1 fully saturated rings. The second-order valence-corrected chi connectivity index (χ2v) is 9.33. The van der Waals surface area contributed by atoms with Gasteiger partial charge in [-0.2, -0.15) is 5.10 Å². The second kappa shape index (κ2) is 8.07. The van der Waals surface area contributed by atoms with Crippen LogP contribution < -0.4 is 16.8 Å². The number of phenolic OH excluding ortho intramolecular Hbond substituents is 1. The van der Waals surface area contributed by atoms with E-state index in [4.69, 9.17) is 11.5 Å². The van der Waals surface area contributed by atoms with Crippen molar-refractivity contribution in [1.82, 2.24) is 20.0 Å². The first-order chi connectivity index (χ1) is 14.0. The highest BCUT2D eigenvalue weighted by atomic mass is 16.3. The normalized spacial score (nSPS) is 20.3. The van der Waals surface area contributed by atoms with Gasteiger partial charge in [-0.1, -0.05) is 0 Å². The van der Waals surface area contributed by atoms with Crippen molar-refractivity contribution in [2.45, 2.75) is 57.7 Å². The molecule has 0 aliphatic carbocycles. The minimum absolute atomic E-state index is 0.0800. The number of nitrogens with zero attached hydrogens (tertiary/aromatic N) is 3. The number of rotatable bonds is 5. The first kappa shape index (κ1) is 21.8. The molecule has 0 unspecified atom stereocenters. The first-order valence-electron chi connectivity index (χ1n) is 10.3. The van der Waals surface area contributed by atoms with Crippen LogP contribution in [0.15, 0.2) is 54.6 Å². The molecule has 0 atom stereocenters. The smallest absolute Gasteiger partial charge is 0.127 e. The van der Waals surface area contributed by atoms with Gasteiger partial charge >= 0.3 is 0 Å². The molecule has 1 aliphatic heterocycles. The molecule has 1 saturated heterocycles. The number of piperidine rings is 1. The molecule has 6 N–H and O–H groups in total. The minimum Gasteiger partial charge on any atom is -0.507 e. The molecule has 0 spiro atoms. The SMILES string of the molecule is CN1C(C)(C)CC(N/C(N)=C/C=C(\N)c2ccc(-n3cccn3)cc2O)CC1(C)C. The molecule has 0 radical (unpaired) electrons. The van der Waals surface area contributed by atoms with Gasteiger partial charge in [0, 0.05) is 46.8 Å². The number of aromatic nitrogens is 2. The number of phenols is 1. The maximum absolute atomic E-state index is 10.4. The molecule has 1 aromatic carbocycles. The molecule has 0 bridgehead atoms. The Balaban J connectivity index is 1.71. The van der Waals surface area contributed by atoms with E-state index in [1.807, 2.05) is 18.3 Å². The highest BCUT2D eigenvalue weighted by Crippen LogP contribution is 2.37. The molecule has 2 aromatic rings. The van der Waals surface area contributed by atoms with Crippen molar-refractivity contribution >= 4 is 5.70 Å². The highest BCUT2D eigenvalue weighted by molar-refractivity contribution is 5.70. The Kier molecular flexibility index (Phi) is 5.85. The molecule has 3 rings (SSSR count). The number of hydrogen-bond acceptors (Lipinski definition) is 6. The highest BCUT2D eigenvalue weighted by Gasteiger charge is 2.42. The van der Waals surface area contributed by atoms with E-state index in [0.717, 1.165) is 18.5 Å². The molecule has 0 saturated carbocycles. The molecule has 30 heavy (non-hydrogen) atoms. The van der Waals surface area contributed by atoms with Gasteiger partial charge in [0.25, 0.3) is 0 Å². The number of aromatic hydroxyl groups is 1. The van der Waals surface area contributed by atoms with Crippen LogP contribution in [-0.4, -0.2) is 44.0 Å². The van der Waals surface area contributed by atoms with Crippen molar-refractivity contribution in [1.29, 1.82) is 0 Å². The molecule has 2 heterocycles. The summed E-state index contributed by atoms with van der Waals surface area (Å²) in [5, 5.41) is 18.0. The van der Waals surface area contributed by atoms with Crippen LogP contribution in [0.2, 0.25) is 0 Å². The maximum atomic E-state index is 10.4. The third-order valence-corrected chi connectivity index (χ3v) is 6.18. The average Bonchev–Trinajstić information content (AvgIpc) is 3.18. The van der Waals surface area contributed by atoms with Crippen molar-refractivity contribution in [3.63, 3.8) is 0 Å². The zero-order chi connectivity index (χ0) is 22.1. The fourth-order valence-corrected chi connectivity index (χ4v) is 4.35. The Bertz CT molecular complexity index is 925. The number of likely N-dealkylation sites (tertiary alicyclic amines) is 1. The number of allylic oxidation sites excluding steroid dienone is 2. The molecule has 1 aromatic heterocycles. The summed E-state index contributed by atoms with van der Waals surface area (Å²) in [5.74, 6) is 0.655. The summed E-state index contributed by atoms with van der Waals surface area (Å²) >= 11 is 0. The lowest BCUT2D eigenvalue weighted by atomic mass is 9.77. The Labute approximate surface area is 179 Å². The monoisotopic (exact) mass is 410 g/mol. The van der Waals surface area contributed by atoms with E-state index >= 15 is 0 Å². The average molecular weight is 411 g/mol. The van der Waals surface area contributed by atoms with E-state index in [1.54, 1.807) is 35.2 Å². The number of hydrogen-bond donors (Lipinski definition) is 4. The minimum atomic E-state index is 0.0800. The first-order valence-corrected chi connectivity index (χ1v) is 10.3. The summed E-state index contributed by atoms with van der Waals surface area (Å²) < 4.78 is 1.68. The fourth-order valence-electron chi connectivity index (χ4n) is 4.35. The van der Waals surface area contributed by atoms with Gasteiger partial charge in [0.15, 0.2) is 0 Å². The lowest BCUT2D eigenvalue weighted by molar-refractivity contribution is -0.0163. The number of benzene rings is 1. The summed E-state index contributed by atoms with van der Waals surface area (Å²) in [5.41, 5.74) is 14.3. The van der Waals surface area contributed by atoms with Gasteiger partial charge in [-0.15, -0.1) is 0 Å². The van der Waals surface area contributed by atoms with Crippen molar-refractivity contribution in [2.24, 2.45) is 11.5 Å². The molecule has 7 heteroatoms. The summed E-state index contributed by atoms with van der Waals surface area (Å²) in [7, 11) is 2.18. The van der Waals surface area contributed by atoms with Crippen LogP contribution in [0.3, 0.4) is 0 Å². The van der Waals surface area contributed by atoms with Gasteiger partial charge in [0.05, 0.1) is 11.5 Å². The molecule has 0 amide bonds. The molecular formula is C23H34N6O.